The number of benzene rings is 1. The van der Waals surface area contributed by atoms with Crippen molar-refractivity contribution in [2.45, 2.75) is 33.2 Å². The van der Waals surface area contributed by atoms with E-state index < -0.39 is 17.9 Å². The molecule has 1 amide bonds. The Balaban J connectivity index is 2.05. The van der Waals surface area contributed by atoms with Gasteiger partial charge in [0.25, 0.3) is 0 Å². The van der Waals surface area contributed by atoms with E-state index in [1.54, 1.807) is 52.1 Å². The highest BCUT2D eigenvalue weighted by atomic mass is 16.5. The number of ether oxygens (including phenoxy) is 2. The summed E-state index contributed by atoms with van der Waals surface area (Å²) in [7, 11) is 2.83. The molecule has 0 radical (unpaired) electrons. The van der Waals surface area contributed by atoms with Gasteiger partial charge in [-0.15, -0.1) is 0 Å². The highest BCUT2D eigenvalue weighted by Crippen LogP contribution is 2.34. The molecule has 3 aromatic rings. The minimum absolute atomic E-state index is 0.0348. The Morgan fingerprint density at radius 3 is 2.32 bits per heavy atom. The van der Waals surface area contributed by atoms with Gasteiger partial charge in [0.1, 0.15) is 23.3 Å². The number of rotatable bonds is 7. The molecule has 164 valence electrons. The predicted molar refractivity (Wildman–Crippen MR) is 114 cm³/mol. The lowest BCUT2D eigenvalue weighted by atomic mass is 10.0. The normalized spacial score (nSPS) is 12.1. The van der Waals surface area contributed by atoms with Gasteiger partial charge in [0, 0.05) is 11.6 Å². The highest BCUT2D eigenvalue weighted by molar-refractivity contribution is 5.91. The zero-order chi connectivity index (χ0) is 22.7. The number of esters is 1. The fourth-order valence-corrected chi connectivity index (χ4v) is 3.31. The van der Waals surface area contributed by atoms with Crippen molar-refractivity contribution in [3.63, 3.8) is 0 Å². The molecule has 0 unspecified atom stereocenters. The van der Waals surface area contributed by atoms with Crippen LogP contribution in [0.15, 0.2) is 44.0 Å². The van der Waals surface area contributed by atoms with Crippen LogP contribution in [0.5, 0.6) is 5.75 Å². The first-order chi connectivity index (χ1) is 14.7. The molecule has 0 fully saturated rings. The summed E-state index contributed by atoms with van der Waals surface area (Å²) in [5, 5.41) is 2.70. The average Bonchev–Trinajstić information content (AvgIpc) is 3.09. The summed E-state index contributed by atoms with van der Waals surface area (Å²) in [5.74, 6) is 0.277. The van der Waals surface area contributed by atoms with Gasteiger partial charge < -0.3 is 23.6 Å². The van der Waals surface area contributed by atoms with Crippen LogP contribution in [0.1, 0.15) is 25.2 Å². The number of carbonyl (C=O) groups is 2. The molecule has 2 aromatic heterocycles. The molecule has 0 saturated heterocycles. The van der Waals surface area contributed by atoms with E-state index in [1.807, 2.05) is 0 Å². The SMILES string of the molecule is COC(=O)[C@@H](NC(=O)Cc1c(-c2ccc(OC)cc2)oc2c(=O)cc(C)oc12)C(C)C. The van der Waals surface area contributed by atoms with E-state index >= 15 is 0 Å². The van der Waals surface area contributed by atoms with Crippen LogP contribution in [0, 0.1) is 12.8 Å². The Hall–Kier alpha value is -3.55. The van der Waals surface area contributed by atoms with E-state index in [1.165, 1.54) is 13.2 Å². The maximum Gasteiger partial charge on any atom is 0.328 e. The standard InChI is InChI=1S/C23H25NO7/c1-12(2)19(23(27)29-5)24-18(26)11-16-20(14-6-8-15(28-4)9-7-14)31-22-17(25)10-13(3)30-21(16)22/h6-10,12,19H,11H2,1-5H3,(H,24,26)/t19-/m0/s1. The van der Waals surface area contributed by atoms with Crippen LogP contribution in [0.4, 0.5) is 0 Å². The molecule has 0 spiro atoms. The summed E-state index contributed by atoms with van der Waals surface area (Å²) in [4.78, 5) is 37.3. The van der Waals surface area contributed by atoms with Crippen LogP contribution in [0.2, 0.25) is 0 Å². The summed E-state index contributed by atoms with van der Waals surface area (Å²) in [5.41, 5.74) is 0.985. The van der Waals surface area contributed by atoms with E-state index in [-0.39, 0.29) is 28.9 Å². The summed E-state index contributed by atoms with van der Waals surface area (Å²) in [6, 6.07) is 7.56. The van der Waals surface area contributed by atoms with Gasteiger partial charge in [0.2, 0.25) is 16.9 Å². The molecule has 2 heterocycles. The maximum absolute atomic E-state index is 12.8. The van der Waals surface area contributed by atoms with Crippen LogP contribution in [-0.4, -0.2) is 32.1 Å². The van der Waals surface area contributed by atoms with Crippen LogP contribution >= 0.6 is 0 Å². The lowest BCUT2D eigenvalue weighted by Gasteiger charge is -2.19. The van der Waals surface area contributed by atoms with Crippen molar-refractivity contribution in [3.05, 3.63) is 51.9 Å². The van der Waals surface area contributed by atoms with E-state index in [4.69, 9.17) is 18.3 Å². The lowest BCUT2D eigenvalue weighted by molar-refractivity contribution is -0.146. The number of amides is 1. The third kappa shape index (κ3) is 4.63. The Morgan fingerprint density at radius 2 is 1.74 bits per heavy atom. The second-order valence-corrected chi connectivity index (χ2v) is 7.51. The zero-order valence-electron chi connectivity index (χ0n) is 18.1. The van der Waals surface area contributed by atoms with Crippen molar-refractivity contribution in [3.8, 4) is 17.1 Å². The molecule has 1 atom stereocenters. The molecule has 31 heavy (non-hydrogen) atoms. The smallest absolute Gasteiger partial charge is 0.328 e. The molecule has 0 bridgehead atoms. The van der Waals surface area contributed by atoms with Crippen molar-refractivity contribution >= 4 is 23.0 Å². The van der Waals surface area contributed by atoms with Gasteiger partial charge in [-0.25, -0.2) is 4.79 Å². The van der Waals surface area contributed by atoms with Gasteiger partial charge in [-0.3, -0.25) is 9.59 Å². The van der Waals surface area contributed by atoms with Crippen molar-refractivity contribution < 1.29 is 27.9 Å². The predicted octanol–water partition coefficient (Wildman–Crippen LogP) is 3.23. The topological polar surface area (TPSA) is 108 Å². The number of aryl methyl sites for hydroxylation is 1. The van der Waals surface area contributed by atoms with E-state index in [0.717, 1.165) is 0 Å². The van der Waals surface area contributed by atoms with Crippen molar-refractivity contribution in [1.82, 2.24) is 5.32 Å². The minimum atomic E-state index is -0.797. The molecular formula is C23H25NO7. The summed E-state index contributed by atoms with van der Waals surface area (Å²) < 4.78 is 21.6. The Kier molecular flexibility index (Phi) is 6.48. The van der Waals surface area contributed by atoms with Crippen LogP contribution < -0.4 is 15.5 Å². The summed E-state index contributed by atoms with van der Waals surface area (Å²) in [6.45, 7) is 5.26. The fraction of sp³-hybridized carbons (Fsp3) is 0.348. The number of carbonyl (C=O) groups excluding carboxylic acids is 2. The Bertz CT molecular complexity index is 1160. The zero-order valence-corrected chi connectivity index (χ0v) is 18.1. The first-order valence-electron chi connectivity index (χ1n) is 9.82. The number of fused-ring (bicyclic) bond motifs is 1. The minimum Gasteiger partial charge on any atom is -0.497 e. The van der Waals surface area contributed by atoms with Crippen LogP contribution in [0.25, 0.3) is 22.5 Å². The van der Waals surface area contributed by atoms with Crippen LogP contribution in [-0.2, 0) is 20.7 Å². The number of hydrogen-bond acceptors (Lipinski definition) is 7. The molecular weight excluding hydrogens is 402 g/mol. The van der Waals surface area contributed by atoms with Gasteiger partial charge in [0.05, 0.1) is 26.2 Å². The van der Waals surface area contributed by atoms with Gasteiger partial charge in [-0.2, -0.15) is 0 Å². The number of hydrogen-bond donors (Lipinski definition) is 1. The molecule has 8 nitrogen and oxygen atoms in total. The van der Waals surface area contributed by atoms with Gasteiger partial charge in [0.15, 0.2) is 5.58 Å². The largest absolute Gasteiger partial charge is 0.497 e. The van der Waals surface area contributed by atoms with E-state index in [9.17, 15) is 14.4 Å². The lowest BCUT2D eigenvalue weighted by Crippen LogP contribution is -2.45. The van der Waals surface area contributed by atoms with Crippen molar-refractivity contribution in [2.75, 3.05) is 14.2 Å². The molecule has 3 rings (SSSR count). The molecule has 8 heteroatoms. The van der Waals surface area contributed by atoms with Gasteiger partial charge >= 0.3 is 5.97 Å². The molecule has 0 saturated carbocycles. The summed E-state index contributed by atoms with van der Waals surface area (Å²) >= 11 is 0. The van der Waals surface area contributed by atoms with Crippen molar-refractivity contribution in [1.29, 1.82) is 0 Å². The highest BCUT2D eigenvalue weighted by Gasteiger charge is 2.28. The number of nitrogens with one attached hydrogen (secondary N) is 1. The first-order valence-corrected chi connectivity index (χ1v) is 9.82. The molecule has 1 aromatic carbocycles. The van der Waals surface area contributed by atoms with Crippen LogP contribution in [0.3, 0.4) is 0 Å². The Morgan fingerprint density at radius 1 is 1.06 bits per heavy atom. The van der Waals surface area contributed by atoms with Gasteiger partial charge in [-0.05, 0) is 37.1 Å². The van der Waals surface area contributed by atoms with E-state index in [0.29, 0.717) is 28.4 Å². The Labute approximate surface area is 179 Å². The van der Waals surface area contributed by atoms with Crippen molar-refractivity contribution in [2.24, 2.45) is 5.92 Å². The quantitative estimate of drug-likeness (QED) is 0.577. The number of furan rings is 1. The monoisotopic (exact) mass is 427 g/mol. The number of methoxy groups -OCH3 is 2. The first kappa shape index (κ1) is 22.1. The van der Waals surface area contributed by atoms with Gasteiger partial charge in [-0.1, -0.05) is 13.8 Å². The third-order valence-electron chi connectivity index (χ3n) is 4.91. The molecule has 0 aliphatic rings. The molecule has 1 N–H and O–H groups in total. The molecule has 0 aliphatic carbocycles. The third-order valence-corrected chi connectivity index (χ3v) is 4.91. The second kappa shape index (κ2) is 9.07. The fourth-order valence-electron chi connectivity index (χ4n) is 3.31. The maximum atomic E-state index is 12.8. The summed E-state index contributed by atoms with van der Waals surface area (Å²) in [6.07, 6.45) is -0.152. The van der Waals surface area contributed by atoms with E-state index in [2.05, 4.69) is 5.32 Å². The average molecular weight is 427 g/mol. The second-order valence-electron chi connectivity index (χ2n) is 7.51. The molecule has 0 aliphatic heterocycles.